The van der Waals surface area contributed by atoms with Crippen molar-refractivity contribution in [1.82, 2.24) is 14.9 Å². The van der Waals surface area contributed by atoms with Gasteiger partial charge in [0.15, 0.2) is 0 Å². The third-order valence-corrected chi connectivity index (χ3v) is 2.32. The zero-order chi connectivity index (χ0) is 12.8. The SMILES string of the molecule is O=C(NCCn1ccnc1)Nc1ccc(F)cc1. The minimum Gasteiger partial charge on any atom is -0.336 e. The maximum absolute atomic E-state index is 12.6. The van der Waals surface area contributed by atoms with Gasteiger partial charge in [0.2, 0.25) is 0 Å². The highest BCUT2D eigenvalue weighted by Gasteiger charge is 2.00. The first-order chi connectivity index (χ1) is 8.74. The number of carbonyl (C=O) groups excluding carboxylic acids is 1. The predicted molar refractivity (Wildman–Crippen MR) is 65.6 cm³/mol. The second-order valence-electron chi connectivity index (χ2n) is 3.69. The monoisotopic (exact) mass is 248 g/mol. The zero-order valence-electron chi connectivity index (χ0n) is 9.64. The molecule has 6 heteroatoms. The Hall–Kier alpha value is -2.37. The van der Waals surface area contributed by atoms with E-state index in [-0.39, 0.29) is 11.8 Å². The van der Waals surface area contributed by atoms with Gasteiger partial charge in [0.1, 0.15) is 5.82 Å². The van der Waals surface area contributed by atoms with Gasteiger partial charge in [0, 0.05) is 31.2 Å². The van der Waals surface area contributed by atoms with Gasteiger partial charge in [0.25, 0.3) is 0 Å². The summed E-state index contributed by atoms with van der Waals surface area (Å²) in [5.74, 6) is -0.332. The highest BCUT2D eigenvalue weighted by Crippen LogP contribution is 2.07. The van der Waals surface area contributed by atoms with Gasteiger partial charge in [-0.1, -0.05) is 0 Å². The second kappa shape index (κ2) is 5.81. The molecule has 2 rings (SSSR count). The van der Waals surface area contributed by atoms with Crippen molar-refractivity contribution in [2.24, 2.45) is 0 Å². The first-order valence-electron chi connectivity index (χ1n) is 5.50. The Bertz CT molecular complexity index is 495. The molecule has 0 unspecified atom stereocenters. The first kappa shape index (κ1) is 12.1. The average molecular weight is 248 g/mol. The topological polar surface area (TPSA) is 59.0 Å². The number of urea groups is 1. The van der Waals surface area contributed by atoms with Crippen LogP contribution < -0.4 is 10.6 Å². The van der Waals surface area contributed by atoms with Crippen LogP contribution in [0.5, 0.6) is 0 Å². The Morgan fingerprint density at radius 2 is 2.11 bits per heavy atom. The summed E-state index contributed by atoms with van der Waals surface area (Å²) < 4.78 is 14.5. The van der Waals surface area contributed by atoms with E-state index in [2.05, 4.69) is 15.6 Å². The van der Waals surface area contributed by atoms with Crippen molar-refractivity contribution in [1.29, 1.82) is 0 Å². The minimum atomic E-state index is -0.332. The van der Waals surface area contributed by atoms with Gasteiger partial charge in [-0.3, -0.25) is 0 Å². The number of hydrogen-bond donors (Lipinski definition) is 2. The molecule has 0 aliphatic rings. The largest absolute Gasteiger partial charge is 0.336 e. The molecule has 0 atom stereocenters. The van der Waals surface area contributed by atoms with Gasteiger partial charge in [-0.25, -0.2) is 14.2 Å². The lowest BCUT2D eigenvalue weighted by Crippen LogP contribution is -2.31. The average Bonchev–Trinajstić information content (AvgIpc) is 2.85. The van der Waals surface area contributed by atoms with E-state index in [1.54, 1.807) is 12.5 Å². The van der Waals surface area contributed by atoms with Gasteiger partial charge in [-0.2, -0.15) is 0 Å². The molecule has 1 heterocycles. The van der Waals surface area contributed by atoms with Gasteiger partial charge in [-0.05, 0) is 24.3 Å². The summed E-state index contributed by atoms with van der Waals surface area (Å²) in [7, 11) is 0. The molecule has 2 aromatic rings. The molecule has 2 amide bonds. The molecular weight excluding hydrogens is 235 g/mol. The van der Waals surface area contributed by atoms with Crippen molar-refractivity contribution in [3.05, 3.63) is 48.8 Å². The number of imidazole rings is 1. The van der Waals surface area contributed by atoms with E-state index in [0.717, 1.165) is 0 Å². The summed E-state index contributed by atoms with van der Waals surface area (Å²) in [5.41, 5.74) is 0.552. The highest BCUT2D eigenvalue weighted by molar-refractivity contribution is 5.89. The minimum absolute atomic E-state index is 0.318. The Morgan fingerprint density at radius 3 is 2.78 bits per heavy atom. The standard InChI is InChI=1S/C12H13FN4O/c13-10-1-3-11(4-2-10)16-12(18)15-6-8-17-7-5-14-9-17/h1-5,7,9H,6,8H2,(H2,15,16,18). The molecule has 0 saturated heterocycles. The number of halogens is 1. The van der Waals surface area contributed by atoms with Crippen LogP contribution in [0.4, 0.5) is 14.9 Å². The molecule has 2 N–H and O–H groups in total. The third-order valence-electron chi connectivity index (χ3n) is 2.32. The van der Waals surface area contributed by atoms with Crippen LogP contribution in [0, 0.1) is 5.82 Å². The first-order valence-corrected chi connectivity index (χ1v) is 5.50. The number of anilines is 1. The van der Waals surface area contributed by atoms with E-state index in [0.29, 0.717) is 18.8 Å². The highest BCUT2D eigenvalue weighted by atomic mass is 19.1. The Balaban J connectivity index is 1.73. The van der Waals surface area contributed by atoms with E-state index in [1.165, 1.54) is 24.3 Å². The van der Waals surface area contributed by atoms with Gasteiger partial charge >= 0.3 is 6.03 Å². The maximum atomic E-state index is 12.6. The van der Waals surface area contributed by atoms with Gasteiger partial charge in [0.05, 0.1) is 6.33 Å². The molecular formula is C12H13FN4O. The van der Waals surface area contributed by atoms with Crippen LogP contribution in [0.3, 0.4) is 0 Å². The van der Waals surface area contributed by atoms with Crippen molar-refractivity contribution >= 4 is 11.7 Å². The smallest absolute Gasteiger partial charge is 0.319 e. The number of carbonyl (C=O) groups is 1. The molecule has 0 spiro atoms. The molecule has 1 aromatic carbocycles. The van der Waals surface area contributed by atoms with Crippen molar-refractivity contribution in [2.45, 2.75) is 6.54 Å². The fourth-order valence-electron chi connectivity index (χ4n) is 1.43. The maximum Gasteiger partial charge on any atom is 0.319 e. The van der Waals surface area contributed by atoms with Crippen LogP contribution in [0.1, 0.15) is 0 Å². The Morgan fingerprint density at radius 1 is 1.33 bits per heavy atom. The number of nitrogens with zero attached hydrogens (tertiary/aromatic N) is 2. The molecule has 1 aromatic heterocycles. The Kier molecular flexibility index (Phi) is 3.90. The fraction of sp³-hybridized carbons (Fsp3) is 0.167. The third kappa shape index (κ3) is 3.58. The summed E-state index contributed by atoms with van der Waals surface area (Å²) in [5, 5.41) is 5.30. The van der Waals surface area contributed by atoms with E-state index in [4.69, 9.17) is 0 Å². The summed E-state index contributed by atoms with van der Waals surface area (Å²) >= 11 is 0. The molecule has 0 saturated carbocycles. The summed E-state index contributed by atoms with van der Waals surface area (Å²) in [4.78, 5) is 15.4. The normalized spacial score (nSPS) is 10.1. The van der Waals surface area contributed by atoms with Crippen LogP contribution in [0.25, 0.3) is 0 Å². The van der Waals surface area contributed by atoms with Crippen molar-refractivity contribution in [2.75, 3.05) is 11.9 Å². The lowest BCUT2D eigenvalue weighted by molar-refractivity contribution is 0.251. The number of rotatable bonds is 4. The van der Waals surface area contributed by atoms with Crippen LogP contribution in [-0.4, -0.2) is 22.1 Å². The molecule has 0 fully saturated rings. The lowest BCUT2D eigenvalue weighted by atomic mass is 10.3. The van der Waals surface area contributed by atoms with Gasteiger partial charge < -0.3 is 15.2 Å². The molecule has 94 valence electrons. The molecule has 0 bridgehead atoms. The lowest BCUT2D eigenvalue weighted by Gasteiger charge is -2.07. The number of benzene rings is 1. The van der Waals surface area contributed by atoms with E-state index in [1.807, 2.05) is 10.8 Å². The molecule has 18 heavy (non-hydrogen) atoms. The quantitative estimate of drug-likeness (QED) is 0.867. The summed E-state index contributed by atoms with van der Waals surface area (Å²) in [6, 6.07) is 5.28. The predicted octanol–water partition coefficient (Wildman–Crippen LogP) is 1.84. The van der Waals surface area contributed by atoms with Crippen LogP contribution in [0.15, 0.2) is 43.0 Å². The Labute approximate surface area is 104 Å². The van der Waals surface area contributed by atoms with Crippen molar-refractivity contribution in [3.8, 4) is 0 Å². The van der Waals surface area contributed by atoms with E-state index < -0.39 is 0 Å². The zero-order valence-corrected chi connectivity index (χ0v) is 9.64. The summed E-state index contributed by atoms with van der Waals surface area (Å²) in [6.45, 7) is 1.14. The van der Waals surface area contributed by atoms with Crippen molar-refractivity contribution in [3.63, 3.8) is 0 Å². The number of hydrogen-bond acceptors (Lipinski definition) is 2. The van der Waals surface area contributed by atoms with Gasteiger partial charge in [-0.15, -0.1) is 0 Å². The second-order valence-corrected chi connectivity index (χ2v) is 3.69. The van der Waals surface area contributed by atoms with E-state index >= 15 is 0 Å². The number of nitrogens with one attached hydrogen (secondary N) is 2. The van der Waals surface area contributed by atoms with Crippen LogP contribution in [0.2, 0.25) is 0 Å². The molecule has 0 radical (unpaired) electrons. The molecule has 0 aliphatic heterocycles. The fourth-order valence-corrected chi connectivity index (χ4v) is 1.43. The van der Waals surface area contributed by atoms with Crippen molar-refractivity contribution < 1.29 is 9.18 Å². The summed E-state index contributed by atoms with van der Waals surface area (Å²) in [6.07, 6.45) is 5.18. The molecule has 0 aliphatic carbocycles. The van der Waals surface area contributed by atoms with Crippen LogP contribution >= 0.6 is 0 Å². The van der Waals surface area contributed by atoms with E-state index in [9.17, 15) is 9.18 Å². The number of aromatic nitrogens is 2. The number of amides is 2. The molecule has 5 nitrogen and oxygen atoms in total. The van der Waals surface area contributed by atoms with Crippen LogP contribution in [-0.2, 0) is 6.54 Å².